The fraction of sp³-hybridized carbons (Fsp3) is 0.478. The molecule has 2 unspecified atom stereocenters. The van der Waals surface area contributed by atoms with E-state index in [0.717, 1.165) is 42.3 Å². The van der Waals surface area contributed by atoms with Gasteiger partial charge in [-0.05, 0) is 23.3 Å². The van der Waals surface area contributed by atoms with Crippen LogP contribution in [0.2, 0.25) is 0 Å². The van der Waals surface area contributed by atoms with Crippen LogP contribution in [0.15, 0.2) is 48.5 Å². The number of hydrogen-bond acceptors (Lipinski definition) is 4. The average molecular weight is 373 g/mol. The van der Waals surface area contributed by atoms with Crippen molar-refractivity contribution in [3.8, 4) is 11.5 Å². The van der Waals surface area contributed by atoms with E-state index in [2.05, 4.69) is 12.1 Å². The highest BCUT2D eigenvalue weighted by atomic mass is 16.6. The second-order valence-electron chi connectivity index (χ2n) is 5.92. The lowest BCUT2D eigenvalue weighted by molar-refractivity contribution is 0.259. The number of ether oxygens (including phenoxy) is 4. The van der Waals surface area contributed by atoms with Gasteiger partial charge in [-0.1, -0.05) is 64.1 Å². The minimum absolute atomic E-state index is 0.261. The quantitative estimate of drug-likeness (QED) is 0.619. The van der Waals surface area contributed by atoms with Gasteiger partial charge >= 0.3 is 0 Å². The van der Waals surface area contributed by atoms with Crippen molar-refractivity contribution in [2.75, 3.05) is 26.4 Å². The largest absolute Gasteiger partial charge is 0.490 e. The molecule has 2 aliphatic rings. The van der Waals surface area contributed by atoms with Crippen molar-refractivity contribution < 1.29 is 18.9 Å². The number of benzene rings is 2. The van der Waals surface area contributed by atoms with Gasteiger partial charge in [-0.2, -0.15) is 0 Å². The van der Waals surface area contributed by atoms with E-state index in [0.29, 0.717) is 13.2 Å². The van der Waals surface area contributed by atoms with Crippen LogP contribution in [0.1, 0.15) is 38.8 Å². The van der Waals surface area contributed by atoms with Crippen LogP contribution in [-0.4, -0.2) is 38.6 Å². The lowest BCUT2D eigenvalue weighted by atomic mass is 10.0. The van der Waals surface area contributed by atoms with Gasteiger partial charge in [0.1, 0.15) is 36.9 Å². The Morgan fingerprint density at radius 1 is 0.704 bits per heavy atom. The molecule has 0 aliphatic carbocycles. The van der Waals surface area contributed by atoms with Gasteiger partial charge in [0, 0.05) is 6.42 Å². The first-order valence-corrected chi connectivity index (χ1v) is 10.0. The first-order valence-electron chi connectivity index (χ1n) is 10.0. The zero-order chi connectivity index (χ0) is 19.5. The van der Waals surface area contributed by atoms with E-state index in [4.69, 9.17) is 18.9 Å². The molecule has 0 radical (unpaired) electrons. The summed E-state index contributed by atoms with van der Waals surface area (Å²) >= 11 is 0. The molecule has 2 aliphatic heterocycles. The van der Waals surface area contributed by atoms with E-state index in [9.17, 15) is 0 Å². The molecule has 0 bridgehead atoms. The number of hydrogen-bond donors (Lipinski definition) is 0. The summed E-state index contributed by atoms with van der Waals surface area (Å²) in [7, 11) is 0. The van der Waals surface area contributed by atoms with Crippen LogP contribution >= 0.6 is 0 Å². The molecule has 4 heteroatoms. The molecule has 2 aromatic rings. The Morgan fingerprint density at radius 2 is 1.07 bits per heavy atom. The SMILES string of the molecule is CC.CC.c1ccc(OCC2CO2)c(Cc2ccccc2OCC2CO2)c1. The average Bonchev–Trinajstić information content (AvgIpc) is 3.65. The van der Waals surface area contributed by atoms with Gasteiger partial charge in [0.2, 0.25) is 0 Å². The maximum Gasteiger partial charge on any atom is 0.122 e. The summed E-state index contributed by atoms with van der Waals surface area (Å²) < 4.78 is 22.2. The van der Waals surface area contributed by atoms with Crippen LogP contribution in [0.4, 0.5) is 0 Å². The Kier molecular flexibility index (Phi) is 9.16. The molecule has 0 N–H and O–H groups in total. The third-order valence-corrected chi connectivity index (χ3v) is 3.98. The zero-order valence-corrected chi connectivity index (χ0v) is 16.9. The molecular formula is C23H32O4. The summed E-state index contributed by atoms with van der Waals surface area (Å²) in [5.41, 5.74) is 2.32. The van der Waals surface area contributed by atoms with Crippen molar-refractivity contribution in [1.82, 2.24) is 0 Å². The van der Waals surface area contributed by atoms with Crippen molar-refractivity contribution in [3.63, 3.8) is 0 Å². The third-order valence-electron chi connectivity index (χ3n) is 3.98. The molecule has 4 rings (SSSR count). The summed E-state index contributed by atoms with van der Waals surface area (Å²) in [5, 5.41) is 0. The van der Waals surface area contributed by atoms with Crippen LogP contribution in [0.25, 0.3) is 0 Å². The lowest BCUT2D eigenvalue weighted by Crippen LogP contribution is -2.08. The molecular weight excluding hydrogens is 340 g/mol. The van der Waals surface area contributed by atoms with Crippen LogP contribution in [0, 0.1) is 0 Å². The maximum atomic E-state index is 5.90. The van der Waals surface area contributed by atoms with Gasteiger partial charge in [0.05, 0.1) is 13.2 Å². The zero-order valence-electron chi connectivity index (χ0n) is 16.9. The molecule has 148 valence electrons. The highest BCUT2D eigenvalue weighted by molar-refractivity contribution is 5.42. The molecule has 27 heavy (non-hydrogen) atoms. The molecule has 2 heterocycles. The van der Waals surface area contributed by atoms with Crippen LogP contribution < -0.4 is 9.47 Å². The van der Waals surface area contributed by atoms with Crippen molar-refractivity contribution in [1.29, 1.82) is 0 Å². The van der Waals surface area contributed by atoms with E-state index >= 15 is 0 Å². The van der Waals surface area contributed by atoms with Crippen molar-refractivity contribution in [3.05, 3.63) is 59.7 Å². The number of epoxide rings is 2. The smallest absolute Gasteiger partial charge is 0.122 e. The molecule has 0 spiro atoms. The first kappa shape index (κ1) is 21.3. The van der Waals surface area contributed by atoms with E-state index in [-0.39, 0.29) is 12.2 Å². The third kappa shape index (κ3) is 7.24. The summed E-state index contributed by atoms with van der Waals surface area (Å²) in [4.78, 5) is 0. The second kappa shape index (κ2) is 11.6. The minimum Gasteiger partial charge on any atom is -0.490 e. The Labute approximate surface area is 163 Å². The van der Waals surface area contributed by atoms with Crippen molar-refractivity contribution >= 4 is 0 Å². The van der Waals surface area contributed by atoms with Crippen molar-refractivity contribution in [2.45, 2.75) is 46.3 Å². The van der Waals surface area contributed by atoms with Crippen LogP contribution in [-0.2, 0) is 15.9 Å². The van der Waals surface area contributed by atoms with Gasteiger partial charge in [0.25, 0.3) is 0 Å². The predicted molar refractivity (Wildman–Crippen MR) is 109 cm³/mol. The van der Waals surface area contributed by atoms with Crippen molar-refractivity contribution in [2.24, 2.45) is 0 Å². The Hall–Kier alpha value is -2.04. The van der Waals surface area contributed by atoms with Crippen LogP contribution in [0.5, 0.6) is 11.5 Å². The highest BCUT2D eigenvalue weighted by Crippen LogP contribution is 2.27. The lowest BCUT2D eigenvalue weighted by Gasteiger charge is -2.13. The predicted octanol–water partition coefficient (Wildman–Crippen LogP) is 4.89. The molecule has 2 fully saturated rings. The van der Waals surface area contributed by atoms with Gasteiger partial charge < -0.3 is 18.9 Å². The fourth-order valence-electron chi connectivity index (χ4n) is 2.48. The maximum absolute atomic E-state index is 5.90. The van der Waals surface area contributed by atoms with E-state index < -0.39 is 0 Å². The molecule has 2 saturated heterocycles. The minimum atomic E-state index is 0.261. The molecule has 2 aromatic carbocycles. The molecule has 0 saturated carbocycles. The summed E-state index contributed by atoms with van der Waals surface area (Å²) in [6.07, 6.45) is 1.30. The van der Waals surface area contributed by atoms with Gasteiger partial charge in [-0.15, -0.1) is 0 Å². The van der Waals surface area contributed by atoms with Gasteiger partial charge in [-0.25, -0.2) is 0 Å². The van der Waals surface area contributed by atoms with Gasteiger partial charge in [0.15, 0.2) is 0 Å². The number of para-hydroxylation sites is 2. The van der Waals surface area contributed by atoms with E-state index in [1.165, 1.54) is 0 Å². The fourth-order valence-corrected chi connectivity index (χ4v) is 2.48. The molecule has 2 atom stereocenters. The van der Waals surface area contributed by atoms with Gasteiger partial charge in [-0.3, -0.25) is 0 Å². The molecule has 0 aromatic heterocycles. The van der Waals surface area contributed by atoms with Crippen LogP contribution in [0.3, 0.4) is 0 Å². The summed E-state index contributed by atoms with van der Waals surface area (Å²) in [6.45, 7) is 10.9. The van der Waals surface area contributed by atoms with E-state index in [1.54, 1.807) is 0 Å². The Morgan fingerprint density at radius 3 is 1.44 bits per heavy atom. The second-order valence-corrected chi connectivity index (χ2v) is 5.92. The topological polar surface area (TPSA) is 43.5 Å². The van der Waals surface area contributed by atoms with E-state index in [1.807, 2.05) is 64.1 Å². The standard InChI is InChI=1S/C19H20O4.2C2H6/c1-3-7-18(22-12-16-10-20-16)14(5-1)9-15-6-2-4-8-19(15)23-13-17-11-21-17;2*1-2/h1-8,16-17H,9-13H2;2*1-2H3. The number of rotatable bonds is 8. The highest BCUT2D eigenvalue weighted by Gasteiger charge is 2.24. The first-order chi connectivity index (χ1) is 13.4. The molecule has 0 amide bonds. The molecule has 4 nitrogen and oxygen atoms in total. The monoisotopic (exact) mass is 372 g/mol. The normalized spacial score (nSPS) is 19.0. The Balaban J connectivity index is 0.000000614. The summed E-state index contributed by atoms with van der Waals surface area (Å²) in [6, 6.07) is 16.3. The Bertz CT molecular complexity index is 605. The summed E-state index contributed by atoms with van der Waals surface area (Å²) in [5.74, 6) is 1.84.